The van der Waals surface area contributed by atoms with Crippen molar-refractivity contribution in [2.45, 2.75) is 65.4 Å². The minimum Gasteiger partial charge on any atom is -0.389 e. The molecule has 1 N–H and O–H groups in total. The highest BCUT2D eigenvalue weighted by molar-refractivity contribution is 5.20. The van der Waals surface area contributed by atoms with Crippen LogP contribution in [0.2, 0.25) is 0 Å². The monoisotopic (exact) mass is 234 g/mol. The van der Waals surface area contributed by atoms with Gasteiger partial charge in [0.2, 0.25) is 0 Å². The molecule has 1 unspecified atom stereocenters. The van der Waals surface area contributed by atoms with Crippen LogP contribution < -0.4 is 0 Å². The number of allylic oxidation sites excluding steroid dienone is 3. The average Bonchev–Trinajstić information content (AvgIpc) is 2.54. The molecular formula is C16H26O. The van der Waals surface area contributed by atoms with E-state index in [2.05, 4.69) is 32.9 Å². The van der Waals surface area contributed by atoms with Crippen molar-refractivity contribution in [3.05, 3.63) is 23.3 Å². The minimum atomic E-state index is -0.151. The van der Waals surface area contributed by atoms with Crippen molar-refractivity contribution in [3.8, 4) is 0 Å². The molecule has 17 heavy (non-hydrogen) atoms. The van der Waals surface area contributed by atoms with Gasteiger partial charge >= 0.3 is 0 Å². The summed E-state index contributed by atoms with van der Waals surface area (Å²) in [7, 11) is 0. The summed E-state index contributed by atoms with van der Waals surface area (Å²) in [5, 5.41) is 9.94. The lowest BCUT2D eigenvalue weighted by Gasteiger charge is -2.29. The molecule has 96 valence electrons. The summed E-state index contributed by atoms with van der Waals surface area (Å²) in [4.78, 5) is 0. The van der Waals surface area contributed by atoms with E-state index in [4.69, 9.17) is 0 Å². The molecule has 0 radical (unpaired) electrons. The molecule has 1 heteroatoms. The molecule has 0 aliphatic heterocycles. The van der Waals surface area contributed by atoms with E-state index in [0.29, 0.717) is 5.41 Å². The van der Waals surface area contributed by atoms with Crippen molar-refractivity contribution in [2.24, 2.45) is 11.3 Å². The third kappa shape index (κ3) is 2.65. The number of hydrogen-bond acceptors (Lipinski definition) is 1. The van der Waals surface area contributed by atoms with Gasteiger partial charge in [-0.15, -0.1) is 0 Å². The summed E-state index contributed by atoms with van der Waals surface area (Å²) in [6.45, 7) is 6.96. The van der Waals surface area contributed by atoms with E-state index in [1.165, 1.54) is 30.4 Å². The molecule has 2 rings (SSSR count). The Labute approximate surface area is 106 Å². The van der Waals surface area contributed by atoms with E-state index in [1.54, 1.807) is 0 Å². The summed E-state index contributed by atoms with van der Waals surface area (Å²) in [6.07, 6.45) is 11.4. The van der Waals surface area contributed by atoms with Gasteiger partial charge in [0.05, 0.1) is 6.10 Å². The highest BCUT2D eigenvalue weighted by Crippen LogP contribution is 2.45. The topological polar surface area (TPSA) is 20.2 Å². The van der Waals surface area contributed by atoms with Crippen LogP contribution in [0.5, 0.6) is 0 Å². The summed E-state index contributed by atoms with van der Waals surface area (Å²) in [5.41, 5.74) is 3.18. The molecule has 0 heterocycles. The molecule has 0 saturated heterocycles. The second kappa shape index (κ2) is 4.97. The van der Waals surface area contributed by atoms with Crippen molar-refractivity contribution >= 4 is 0 Å². The van der Waals surface area contributed by atoms with E-state index in [0.717, 1.165) is 25.2 Å². The Morgan fingerprint density at radius 3 is 2.76 bits per heavy atom. The predicted molar refractivity (Wildman–Crippen MR) is 72.8 cm³/mol. The summed E-state index contributed by atoms with van der Waals surface area (Å²) < 4.78 is 0. The predicted octanol–water partition coefficient (Wildman–Crippen LogP) is 4.23. The molecular weight excluding hydrogens is 208 g/mol. The molecule has 1 nitrogen and oxygen atoms in total. The van der Waals surface area contributed by atoms with Gasteiger partial charge in [-0.2, -0.15) is 0 Å². The second-order valence-corrected chi connectivity index (χ2v) is 6.32. The Bertz CT molecular complexity index is 335. The zero-order chi connectivity index (χ0) is 12.5. The first-order valence-corrected chi connectivity index (χ1v) is 7.06. The van der Waals surface area contributed by atoms with Crippen LogP contribution in [-0.4, -0.2) is 11.2 Å². The molecule has 2 atom stereocenters. The SMILES string of the molecule is CC1=CCC(CC=C2CCCC[C@H]2O)C1(C)C. The van der Waals surface area contributed by atoms with Gasteiger partial charge in [0.25, 0.3) is 0 Å². The first-order chi connectivity index (χ1) is 8.01. The van der Waals surface area contributed by atoms with Gasteiger partial charge in [-0.3, -0.25) is 0 Å². The van der Waals surface area contributed by atoms with Crippen LogP contribution in [0.15, 0.2) is 23.3 Å². The van der Waals surface area contributed by atoms with Crippen LogP contribution in [-0.2, 0) is 0 Å². The van der Waals surface area contributed by atoms with Crippen LogP contribution in [0.4, 0.5) is 0 Å². The zero-order valence-electron chi connectivity index (χ0n) is 11.5. The summed E-state index contributed by atoms with van der Waals surface area (Å²) >= 11 is 0. The van der Waals surface area contributed by atoms with Gasteiger partial charge in [-0.25, -0.2) is 0 Å². The summed E-state index contributed by atoms with van der Waals surface area (Å²) in [6, 6.07) is 0. The van der Waals surface area contributed by atoms with Crippen LogP contribution in [0.25, 0.3) is 0 Å². The minimum absolute atomic E-state index is 0.151. The lowest BCUT2D eigenvalue weighted by Crippen LogP contribution is -2.21. The maximum atomic E-state index is 9.94. The van der Waals surface area contributed by atoms with E-state index in [9.17, 15) is 5.11 Å². The van der Waals surface area contributed by atoms with Crippen molar-refractivity contribution in [2.75, 3.05) is 0 Å². The van der Waals surface area contributed by atoms with Gasteiger partial charge in [0.1, 0.15) is 0 Å². The van der Waals surface area contributed by atoms with E-state index in [-0.39, 0.29) is 6.10 Å². The number of rotatable bonds is 2. The molecule has 2 aliphatic carbocycles. The fourth-order valence-electron chi connectivity index (χ4n) is 3.14. The molecule has 1 saturated carbocycles. The van der Waals surface area contributed by atoms with Crippen molar-refractivity contribution < 1.29 is 5.11 Å². The van der Waals surface area contributed by atoms with Crippen molar-refractivity contribution in [3.63, 3.8) is 0 Å². The van der Waals surface area contributed by atoms with Crippen LogP contribution >= 0.6 is 0 Å². The molecule has 0 aromatic heterocycles. The Morgan fingerprint density at radius 1 is 1.41 bits per heavy atom. The fourth-order valence-corrected chi connectivity index (χ4v) is 3.14. The largest absolute Gasteiger partial charge is 0.389 e. The summed E-state index contributed by atoms with van der Waals surface area (Å²) in [5.74, 6) is 0.726. The zero-order valence-corrected chi connectivity index (χ0v) is 11.5. The van der Waals surface area contributed by atoms with E-state index >= 15 is 0 Å². The van der Waals surface area contributed by atoms with Crippen molar-refractivity contribution in [1.82, 2.24) is 0 Å². The van der Waals surface area contributed by atoms with E-state index in [1.807, 2.05) is 0 Å². The van der Waals surface area contributed by atoms with Gasteiger partial charge in [0.15, 0.2) is 0 Å². The van der Waals surface area contributed by atoms with Gasteiger partial charge in [-0.1, -0.05) is 38.0 Å². The first-order valence-electron chi connectivity index (χ1n) is 7.06. The molecule has 0 aromatic carbocycles. The Morgan fingerprint density at radius 2 is 2.18 bits per heavy atom. The van der Waals surface area contributed by atoms with Gasteiger partial charge in [0, 0.05) is 0 Å². The first kappa shape index (κ1) is 12.9. The number of aliphatic hydroxyl groups is 1. The van der Waals surface area contributed by atoms with Crippen molar-refractivity contribution in [1.29, 1.82) is 0 Å². The molecule has 2 aliphatic rings. The molecule has 0 bridgehead atoms. The van der Waals surface area contributed by atoms with Crippen LogP contribution in [0, 0.1) is 11.3 Å². The lowest BCUT2D eigenvalue weighted by atomic mass is 9.75. The third-order valence-corrected chi connectivity index (χ3v) is 5.03. The quantitative estimate of drug-likeness (QED) is 0.709. The van der Waals surface area contributed by atoms with Gasteiger partial charge < -0.3 is 5.11 Å². The molecule has 0 amide bonds. The molecule has 0 aromatic rings. The van der Waals surface area contributed by atoms with Crippen LogP contribution in [0.3, 0.4) is 0 Å². The molecule has 0 spiro atoms. The maximum Gasteiger partial charge on any atom is 0.0750 e. The van der Waals surface area contributed by atoms with E-state index < -0.39 is 0 Å². The second-order valence-electron chi connectivity index (χ2n) is 6.32. The Kier molecular flexibility index (Phi) is 3.77. The van der Waals surface area contributed by atoms with Gasteiger partial charge in [-0.05, 0) is 55.9 Å². The van der Waals surface area contributed by atoms with Crippen LogP contribution in [0.1, 0.15) is 59.3 Å². The highest BCUT2D eigenvalue weighted by Gasteiger charge is 2.34. The highest BCUT2D eigenvalue weighted by atomic mass is 16.3. The Balaban J connectivity index is 1.96. The smallest absolute Gasteiger partial charge is 0.0750 e. The average molecular weight is 234 g/mol. The molecule has 1 fully saturated rings. The third-order valence-electron chi connectivity index (χ3n) is 5.03. The maximum absolute atomic E-state index is 9.94. The number of aliphatic hydroxyl groups excluding tert-OH is 1. The normalized spacial score (nSPS) is 35.1. The lowest BCUT2D eigenvalue weighted by molar-refractivity contribution is 0.177. The Hall–Kier alpha value is -0.560. The number of hydrogen-bond donors (Lipinski definition) is 1. The standard InChI is InChI=1S/C16H26O/c1-12-8-10-14(16(12,2)3)11-9-13-6-4-5-7-15(13)17/h8-9,14-15,17H,4-7,10-11H2,1-3H3/t14?,15-/m1/s1. The fraction of sp³-hybridized carbons (Fsp3) is 0.750.